The number of anilines is 1. The normalized spacial score (nSPS) is 18.0. The number of fused-ring (bicyclic) bond motifs is 1. The largest absolute Gasteiger partial charge is 0.488 e. The molecule has 0 aliphatic carbocycles. The first-order chi connectivity index (χ1) is 8.74. The van der Waals surface area contributed by atoms with Crippen LogP contribution in [0.15, 0.2) is 23.8 Å². The molecular weight excluding hydrogens is 230 g/mol. The van der Waals surface area contributed by atoms with Crippen molar-refractivity contribution in [3.63, 3.8) is 0 Å². The van der Waals surface area contributed by atoms with Gasteiger partial charge >= 0.3 is 5.97 Å². The van der Waals surface area contributed by atoms with Gasteiger partial charge in [-0.1, -0.05) is 0 Å². The summed E-state index contributed by atoms with van der Waals surface area (Å²) in [6.45, 7) is 2.33. The van der Waals surface area contributed by atoms with E-state index in [1.165, 1.54) is 18.5 Å². The van der Waals surface area contributed by atoms with E-state index in [-0.39, 0.29) is 6.61 Å². The summed E-state index contributed by atoms with van der Waals surface area (Å²) in [4.78, 5) is 13.2. The second kappa shape index (κ2) is 4.37. The zero-order valence-electron chi connectivity index (χ0n) is 10.1. The Labute approximate surface area is 105 Å². The maximum absolute atomic E-state index is 10.9. The van der Waals surface area contributed by atoms with Crippen molar-refractivity contribution in [3.8, 4) is 5.75 Å². The zero-order chi connectivity index (χ0) is 12.5. The molecule has 2 aliphatic heterocycles. The van der Waals surface area contributed by atoms with Gasteiger partial charge in [-0.3, -0.25) is 0 Å². The topological polar surface area (TPSA) is 49.8 Å². The molecule has 3 rings (SSSR count). The van der Waals surface area contributed by atoms with Gasteiger partial charge in [0.25, 0.3) is 0 Å². The molecule has 0 spiro atoms. The van der Waals surface area contributed by atoms with Crippen LogP contribution in [0.3, 0.4) is 0 Å². The average Bonchev–Trinajstić information content (AvgIpc) is 2.91. The molecule has 0 atom stereocenters. The highest BCUT2D eigenvalue weighted by molar-refractivity contribution is 5.93. The van der Waals surface area contributed by atoms with Gasteiger partial charge in [-0.15, -0.1) is 0 Å². The predicted octanol–water partition coefficient (Wildman–Crippen LogP) is 2.15. The van der Waals surface area contributed by atoms with E-state index in [2.05, 4.69) is 4.90 Å². The van der Waals surface area contributed by atoms with Crippen molar-refractivity contribution < 1.29 is 14.6 Å². The number of nitrogens with zero attached hydrogens (tertiary/aromatic N) is 1. The van der Waals surface area contributed by atoms with E-state index >= 15 is 0 Å². The van der Waals surface area contributed by atoms with Crippen molar-refractivity contribution in [3.05, 3.63) is 29.3 Å². The van der Waals surface area contributed by atoms with Crippen LogP contribution in [0.4, 0.5) is 5.69 Å². The number of rotatable bonds is 2. The second-order valence-electron chi connectivity index (χ2n) is 4.68. The third-order valence-corrected chi connectivity index (χ3v) is 3.46. The smallest absolute Gasteiger partial charge is 0.335 e. The Morgan fingerprint density at radius 2 is 2.06 bits per heavy atom. The third-order valence-electron chi connectivity index (χ3n) is 3.46. The Morgan fingerprint density at radius 3 is 2.78 bits per heavy atom. The zero-order valence-corrected chi connectivity index (χ0v) is 10.1. The van der Waals surface area contributed by atoms with Gasteiger partial charge in [-0.2, -0.15) is 0 Å². The molecule has 0 saturated carbocycles. The molecule has 4 nitrogen and oxygen atoms in total. The maximum Gasteiger partial charge on any atom is 0.335 e. The molecule has 1 N–H and O–H groups in total. The van der Waals surface area contributed by atoms with E-state index < -0.39 is 5.97 Å². The fourth-order valence-electron chi connectivity index (χ4n) is 2.45. The quantitative estimate of drug-likeness (QED) is 0.867. The predicted molar refractivity (Wildman–Crippen MR) is 69.0 cm³/mol. The monoisotopic (exact) mass is 245 g/mol. The lowest BCUT2D eigenvalue weighted by Crippen LogP contribution is -2.18. The minimum absolute atomic E-state index is 0.145. The Bertz CT molecular complexity index is 516. The van der Waals surface area contributed by atoms with Crippen LogP contribution in [-0.2, 0) is 4.79 Å². The van der Waals surface area contributed by atoms with Crippen molar-refractivity contribution in [2.75, 3.05) is 24.6 Å². The van der Waals surface area contributed by atoms with E-state index in [1.54, 1.807) is 6.08 Å². The molecule has 0 bridgehead atoms. The number of hydrogen-bond acceptors (Lipinski definition) is 3. The molecule has 94 valence electrons. The Morgan fingerprint density at radius 1 is 1.28 bits per heavy atom. The van der Waals surface area contributed by atoms with Gasteiger partial charge in [0.15, 0.2) is 0 Å². The summed E-state index contributed by atoms with van der Waals surface area (Å²) < 4.78 is 5.52. The molecule has 18 heavy (non-hydrogen) atoms. The molecule has 0 amide bonds. The summed E-state index contributed by atoms with van der Waals surface area (Å²) in [5.74, 6) is -0.131. The average molecular weight is 245 g/mol. The number of carboxylic acids is 1. The molecule has 0 unspecified atom stereocenters. The van der Waals surface area contributed by atoms with Crippen molar-refractivity contribution in [2.45, 2.75) is 12.8 Å². The number of carbonyl (C=O) groups is 1. The number of aliphatic carboxylic acids is 1. The van der Waals surface area contributed by atoms with E-state index in [4.69, 9.17) is 9.84 Å². The van der Waals surface area contributed by atoms with Crippen LogP contribution in [-0.4, -0.2) is 30.8 Å². The van der Waals surface area contributed by atoms with Gasteiger partial charge in [0.05, 0.1) is 5.57 Å². The van der Waals surface area contributed by atoms with Crippen molar-refractivity contribution in [1.29, 1.82) is 0 Å². The highest BCUT2D eigenvalue weighted by Gasteiger charge is 2.19. The highest BCUT2D eigenvalue weighted by atomic mass is 16.5. The molecular formula is C14H15NO3. The van der Waals surface area contributed by atoms with Crippen LogP contribution in [0.25, 0.3) is 6.08 Å². The summed E-state index contributed by atoms with van der Waals surface area (Å²) in [5, 5.41) is 8.93. The highest BCUT2D eigenvalue weighted by Crippen LogP contribution is 2.32. The molecule has 0 aromatic heterocycles. The SMILES string of the molecule is O=C(O)C1=Cc2ccc(N3CCCC3)cc2OC1. The Hall–Kier alpha value is -1.97. The van der Waals surface area contributed by atoms with Crippen LogP contribution in [0.1, 0.15) is 18.4 Å². The summed E-state index contributed by atoms with van der Waals surface area (Å²) in [6.07, 6.45) is 4.16. The maximum atomic E-state index is 10.9. The molecule has 1 aromatic rings. The molecule has 2 heterocycles. The molecule has 0 radical (unpaired) electrons. The third kappa shape index (κ3) is 1.94. The molecule has 2 aliphatic rings. The number of hydrogen-bond donors (Lipinski definition) is 1. The number of carboxylic acid groups (broad SMARTS) is 1. The van der Waals surface area contributed by atoms with Gasteiger partial charge in [0.1, 0.15) is 12.4 Å². The van der Waals surface area contributed by atoms with Gasteiger partial charge in [0.2, 0.25) is 0 Å². The van der Waals surface area contributed by atoms with Gasteiger partial charge in [-0.25, -0.2) is 4.79 Å². The van der Waals surface area contributed by atoms with E-state index in [1.807, 2.05) is 18.2 Å². The van der Waals surface area contributed by atoms with Gasteiger partial charge < -0.3 is 14.7 Å². The fourth-order valence-corrected chi connectivity index (χ4v) is 2.45. The first kappa shape index (κ1) is 11.1. The van der Waals surface area contributed by atoms with Crippen LogP contribution in [0.5, 0.6) is 5.75 Å². The molecule has 4 heteroatoms. The minimum Gasteiger partial charge on any atom is -0.488 e. The second-order valence-corrected chi connectivity index (χ2v) is 4.68. The lowest BCUT2D eigenvalue weighted by molar-refractivity contribution is -0.132. The first-order valence-corrected chi connectivity index (χ1v) is 6.20. The van der Waals surface area contributed by atoms with E-state index in [0.717, 1.165) is 24.4 Å². The lowest BCUT2D eigenvalue weighted by atomic mass is 10.1. The van der Waals surface area contributed by atoms with Gasteiger partial charge in [-0.05, 0) is 31.1 Å². The Kier molecular flexibility index (Phi) is 2.70. The Balaban J connectivity index is 1.91. The first-order valence-electron chi connectivity index (χ1n) is 6.20. The molecule has 1 fully saturated rings. The lowest BCUT2D eigenvalue weighted by Gasteiger charge is -2.21. The van der Waals surface area contributed by atoms with E-state index in [0.29, 0.717) is 5.57 Å². The fraction of sp³-hybridized carbons (Fsp3) is 0.357. The molecule has 1 aromatic carbocycles. The van der Waals surface area contributed by atoms with Crippen LogP contribution in [0.2, 0.25) is 0 Å². The van der Waals surface area contributed by atoms with Crippen LogP contribution in [0, 0.1) is 0 Å². The number of ether oxygens (including phenoxy) is 1. The van der Waals surface area contributed by atoms with Crippen molar-refractivity contribution in [2.24, 2.45) is 0 Å². The molecule has 1 saturated heterocycles. The summed E-state index contributed by atoms with van der Waals surface area (Å²) in [7, 11) is 0. The standard InChI is InChI=1S/C14H15NO3/c16-14(17)11-7-10-3-4-12(8-13(10)18-9-11)15-5-1-2-6-15/h3-4,7-8H,1-2,5-6,9H2,(H,16,17). The van der Waals surface area contributed by atoms with Gasteiger partial charge in [0, 0.05) is 30.4 Å². The van der Waals surface area contributed by atoms with Crippen molar-refractivity contribution >= 4 is 17.7 Å². The summed E-state index contributed by atoms with van der Waals surface area (Å²) >= 11 is 0. The minimum atomic E-state index is -0.913. The number of benzene rings is 1. The summed E-state index contributed by atoms with van der Waals surface area (Å²) in [5.41, 5.74) is 2.32. The van der Waals surface area contributed by atoms with E-state index in [9.17, 15) is 4.79 Å². The summed E-state index contributed by atoms with van der Waals surface area (Å²) in [6, 6.07) is 5.98. The van der Waals surface area contributed by atoms with Crippen molar-refractivity contribution in [1.82, 2.24) is 0 Å². The van der Waals surface area contributed by atoms with Crippen LogP contribution < -0.4 is 9.64 Å². The van der Waals surface area contributed by atoms with Crippen LogP contribution >= 0.6 is 0 Å².